The summed E-state index contributed by atoms with van der Waals surface area (Å²) in [6.45, 7) is 15.0. The number of rotatable bonds is 2. The zero-order valence-corrected chi connectivity index (χ0v) is 26.4. The van der Waals surface area contributed by atoms with E-state index in [1.165, 1.54) is 18.2 Å². The summed E-state index contributed by atoms with van der Waals surface area (Å²) in [5.41, 5.74) is 2.05. The normalized spacial score (nSPS) is 12.5. The molecule has 0 saturated carbocycles. The number of carbonyl (C=O) groups is 1. The number of pyridine rings is 1. The molecule has 3 aromatic carbocycles. The van der Waals surface area contributed by atoms with E-state index < -0.39 is 17.2 Å². The molecular weight excluding hydrogens is 692 g/mol. The standard InChI is InChI=1S/C22H15F3N.C11H20O2.Ir/c1-13-9-14(2)11-17(10-13)21-20-16(7-8-26-21)4-3-15-5-6-18(12-19(15)20)22(23,24)25;1-10(2,3)8(12)7-9(13)11(4,5)6;/h3-10,12H,1-2H3;7,12H,1-6H3;/q-1;;/b;8-7-;. The van der Waals surface area contributed by atoms with Gasteiger partial charge in [-0.2, -0.15) is 13.2 Å². The van der Waals surface area contributed by atoms with Gasteiger partial charge in [0.2, 0.25) is 0 Å². The third-order valence-corrected chi connectivity index (χ3v) is 6.25. The van der Waals surface area contributed by atoms with Crippen LogP contribution in [0.3, 0.4) is 0 Å². The summed E-state index contributed by atoms with van der Waals surface area (Å²) in [6, 6.07) is 16.7. The monoisotopic (exact) mass is 727 g/mol. The van der Waals surface area contributed by atoms with Gasteiger partial charge in [0.05, 0.1) is 5.56 Å². The minimum atomic E-state index is -4.38. The number of ketones is 1. The van der Waals surface area contributed by atoms with Crippen molar-refractivity contribution >= 4 is 27.3 Å². The van der Waals surface area contributed by atoms with E-state index in [4.69, 9.17) is 0 Å². The van der Waals surface area contributed by atoms with Crippen LogP contribution in [0.1, 0.15) is 58.2 Å². The van der Waals surface area contributed by atoms with E-state index in [2.05, 4.69) is 11.1 Å². The molecular formula is C33H35F3IrNO2-. The fraction of sp³-hybridized carbons (Fsp3) is 0.333. The van der Waals surface area contributed by atoms with Crippen molar-refractivity contribution in [2.75, 3.05) is 0 Å². The zero-order valence-electron chi connectivity index (χ0n) is 24.0. The number of aliphatic hydroxyl groups excluding tert-OH is 1. The molecule has 40 heavy (non-hydrogen) atoms. The molecule has 0 spiro atoms. The molecule has 4 aromatic rings. The van der Waals surface area contributed by atoms with Gasteiger partial charge < -0.3 is 10.1 Å². The summed E-state index contributed by atoms with van der Waals surface area (Å²) in [4.78, 5) is 16.0. The number of halogens is 3. The average Bonchev–Trinajstić information content (AvgIpc) is 2.81. The maximum absolute atomic E-state index is 13.2. The van der Waals surface area contributed by atoms with E-state index in [1.54, 1.807) is 6.20 Å². The molecule has 1 N–H and O–H groups in total. The van der Waals surface area contributed by atoms with Gasteiger partial charge >= 0.3 is 6.18 Å². The topological polar surface area (TPSA) is 50.2 Å². The van der Waals surface area contributed by atoms with E-state index in [9.17, 15) is 23.1 Å². The van der Waals surface area contributed by atoms with Crippen molar-refractivity contribution in [1.29, 1.82) is 0 Å². The van der Waals surface area contributed by atoms with Gasteiger partial charge in [0.15, 0.2) is 5.78 Å². The maximum atomic E-state index is 13.2. The van der Waals surface area contributed by atoms with Crippen LogP contribution in [0.4, 0.5) is 13.2 Å². The number of aliphatic hydroxyl groups is 1. The predicted octanol–water partition coefficient (Wildman–Crippen LogP) is 9.58. The van der Waals surface area contributed by atoms with Gasteiger partial charge in [0.25, 0.3) is 0 Å². The smallest absolute Gasteiger partial charge is 0.416 e. The molecule has 0 atom stereocenters. The first-order chi connectivity index (χ1) is 17.9. The summed E-state index contributed by atoms with van der Waals surface area (Å²) in [5, 5.41) is 12.4. The Morgan fingerprint density at radius 1 is 0.875 bits per heavy atom. The average molecular weight is 727 g/mol. The SMILES string of the molecule is CC(C)(C)C(=O)/C=C(\O)C(C)(C)C.Cc1[c-]c(-c2nccc3ccc4ccc(C(F)(F)F)cc4c23)cc(C)c1.[Ir]. The summed E-state index contributed by atoms with van der Waals surface area (Å²) in [7, 11) is 0. The Kier molecular flexibility index (Phi) is 10.2. The van der Waals surface area contributed by atoms with Gasteiger partial charge in [-0.1, -0.05) is 73.6 Å². The van der Waals surface area contributed by atoms with Gasteiger partial charge in [-0.3, -0.25) is 4.79 Å². The Balaban J connectivity index is 0.000000344. The second-order valence-corrected chi connectivity index (χ2v) is 11.9. The van der Waals surface area contributed by atoms with Gasteiger partial charge in [-0.05, 0) is 45.4 Å². The van der Waals surface area contributed by atoms with Crippen LogP contribution in [0.25, 0.3) is 32.8 Å². The molecule has 0 aliphatic carbocycles. The summed E-state index contributed by atoms with van der Waals surface area (Å²) in [5.74, 6) is 0.104. The Bertz CT molecular complexity index is 1540. The van der Waals surface area contributed by atoms with Crippen LogP contribution in [0.5, 0.6) is 0 Å². The Morgan fingerprint density at radius 2 is 1.48 bits per heavy atom. The molecule has 1 aromatic heterocycles. The molecule has 0 unspecified atom stereocenters. The van der Waals surface area contributed by atoms with Crippen LogP contribution in [-0.4, -0.2) is 15.9 Å². The molecule has 0 fully saturated rings. The largest absolute Gasteiger partial charge is 0.512 e. The summed E-state index contributed by atoms with van der Waals surface area (Å²) >= 11 is 0. The first-order valence-corrected chi connectivity index (χ1v) is 12.7. The molecule has 1 heterocycles. The van der Waals surface area contributed by atoms with Gasteiger partial charge in [-0.15, -0.1) is 34.9 Å². The fourth-order valence-corrected chi connectivity index (χ4v) is 3.96. The minimum Gasteiger partial charge on any atom is -0.512 e. The van der Waals surface area contributed by atoms with Crippen molar-refractivity contribution < 1.29 is 43.2 Å². The number of benzene rings is 3. The molecule has 0 aliphatic heterocycles. The number of hydrogen-bond acceptors (Lipinski definition) is 3. The predicted molar refractivity (Wildman–Crippen MR) is 153 cm³/mol. The molecule has 215 valence electrons. The van der Waals surface area contributed by atoms with Crippen molar-refractivity contribution in [2.24, 2.45) is 10.8 Å². The van der Waals surface area contributed by atoms with Gasteiger partial charge in [0.1, 0.15) is 5.76 Å². The molecule has 7 heteroatoms. The van der Waals surface area contributed by atoms with Crippen LogP contribution in [0.15, 0.2) is 66.6 Å². The Labute approximate surface area is 247 Å². The summed E-state index contributed by atoms with van der Waals surface area (Å²) < 4.78 is 39.7. The second kappa shape index (κ2) is 12.2. The van der Waals surface area contributed by atoms with Crippen LogP contribution in [-0.2, 0) is 31.1 Å². The molecule has 0 saturated heterocycles. The molecule has 4 rings (SSSR count). The number of aromatic nitrogens is 1. The first-order valence-electron chi connectivity index (χ1n) is 12.7. The zero-order chi connectivity index (χ0) is 29.3. The van der Waals surface area contributed by atoms with E-state index in [1.807, 2.05) is 85.7 Å². The van der Waals surface area contributed by atoms with Gasteiger partial charge in [-0.25, -0.2) is 0 Å². The van der Waals surface area contributed by atoms with E-state index >= 15 is 0 Å². The number of hydrogen-bond donors (Lipinski definition) is 1. The Morgan fingerprint density at radius 3 is 2.02 bits per heavy atom. The van der Waals surface area contributed by atoms with Crippen molar-refractivity contribution in [3.05, 3.63) is 89.3 Å². The van der Waals surface area contributed by atoms with Crippen LogP contribution >= 0.6 is 0 Å². The fourth-order valence-electron chi connectivity index (χ4n) is 3.96. The van der Waals surface area contributed by atoms with Crippen LogP contribution < -0.4 is 0 Å². The third kappa shape index (κ3) is 8.02. The van der Waals surface area contributed by atoms with E-state index in [0.717, 1.165) is 38.9 Å². The molecule has 0 aliphatic rings. The van der Waals surface area contributed by atoms with Crippen LogP contribution in [0, 0.1) is 30.7 Å². The van der Waals surface area contributed by atoms with Crippen molar-refractivity contribution in [1.82, 2.24) is 4.98 Å². The number of fused-ring (bicyclic) bond motifs is 3. The third-order valence-electron chi connectivity index (χ3n) is 6.25. The van der Waals surface area contributed by atoms with E-state index in [-0.39, 0.29) is 37.1 Å². The van der Waals surface area contributed by atoms with Crippen LogP contribution in [0.2, 0.25) is 0 Å². The van der Waals surface area contributed by atoms with E-state index in [0.29, 0.717) is 11.1 Å². The number of allylic oxidation sites excluding steroid dienone is 2. The van der Waals surface area contributed by atoms with Crippen molar-refractivity contribution in [3.8, 4) is 11.3 Å². The molecule has 0 bridgehead atoms. The molecule has 0 amide bonds. The molecule has 1 radical (unpaired) electrons. The Hall–Kier alpha value is -3.02. The van der Waals surface area contributed by atoms with Gasteiger partial charge in [0, 0.05) is 43.2 Å². The van der Waals surface area contributed by atoms with Crippen molar-refractivity contribution in [2.45, 2.75) is 61.6 Å². The number of nitrogens with zero attached hydrogens (tertiary/aromatic N) is 1. The maximum Gasteiger partial charge on any atom is 0.416 e. The molecule has 3 nitrogen and oxygen atoms in total. The number of carbonyl (C=O) groups excluding carboxylic acids is 1. The number of aryl methyl sites for hydroxylation is 2. The number of alkyl halides is 3. The second-order valence-electron chi connectivity index (χ2n) is 11.9. The first kappa shape index (κ1) is 33.2. The van der Waals surface area contributed by atoms with Crippen molar-refractivity contribution in [3.63, 3.8) is 0 Å². The summed E-state index contributed by atoms with van der Waals surface area (Å²) in [6.07, 6.45) is -1.37. The quantitative estimate of drug-likeness (QED) is 0.0970. The minimum absolute atomic E-state index is 0.